The van der Waals surface area contributed by atoms with Crippen molar-refractivity contribution in [3.63, 3.8) is 0 Å². The monoisotopic (exact) mass is 331 g/mol. The van der Waals surface area contributed by atoms with Crippen molar-refractivity contribution in [2.45, 2.75) is 0 Å². The first-order valence-electron chi connectivity index (χ1n) is 0.730. The molecule has 7 heavy (non-hydrogen) atoms. The van der Waals surface area contributed by atoms with Gasteiger partial charge in [0.15, 0.2) is 0 Å². The van der Waals surface area contributed by atoms with E-state index in [0.29, 0.717) is 0 Å². The topological polar surface area (TPSA) is 69.2 Å². The predicted octanol–water partition coefficient (Wildman–Crippen LogP) is -5.71. The van der Waals surface area contributed by atoms with Crippen LogP contribution in [0.25, 0.3) is 0 Å². The number of hydrogen-bond donors (Lipinski definition) is 0. The smallest absolute Gasteiger partial charge is 0.844 e. The van der Waals surface area contributed by atoms with Gasteiger partial charge in [0.1, 0.15) is 0 Å². The molecule has 0 N–H and O–H groups in total. The van der Waals surface area contributed by atoms with E-state index in [1.165, 1.54) is 0 Å². The van der Waals surface area contributed by atoms with E-state index >= 15 is 0 Å². The van der Waals surface area contributed by atoms with Crippen LogP contribution in [0.1, 0.15) is 0 Å². The quantitative estimate of drug-likeness (QED) is 0.328. The van der Waals surface area contributed by atoms with Crippen LogP contribution >= 0.6 is 6.72 Å². The van der Waals surface area contributed by atoms with E-state index in [1.54, 1.807) is 0 Å². The third kappa shape index (κ3) is 63.1. The van der Waals surface area contributed by atoms with Gasteiger partial charge in [0.05, 0.1) is 0 Å². The zero-order valence-corrected chi connectivity index (χ0v) is 9.26. The molecule has 0 amide bonds. The summed E-state index contributed by atoms with van der Waals surface area (Å²) in [7, 11) is 0. The predicted molar refractivity (Wildman–Crippen MR) is 14.3 cm³/mol. The average molecular weight is 331 g/mol. The minimum absolute atomic E-state index is 0. The van der Waals surface area contributed by atoms with Gasteiger partial charge in [-0.1, -0.05) is 0 Å². The fourth-order valence-electron chi connectivity index (χ4n) is 0. The fourth-order valence-corrected chi connectivity index (χ4v) is 0. The van der Waals surface area contributed by atoms with Crippen molar-refractivity contribution in [3.05, 3.63) is 0 Å². The molecule has 0 atom stereocenters. The van der Waals surface area contributed by atoms with Crippen molar-refractivity contribution in [1.82, 2.24) is 0 Å². The Labute approximate surface area is 84.2 Å². The molecular formula is AuNaO3PS+. The zero-order chi connectivity index (χ0) is 4.50. The summed E-state index contributed by atoms with van der Waals surface area (Å²) in [6.45, 7) is -4.56. The molecule has 0 saturated carbocycles. The summed E-state index contributed by atoms with van der Waals surface area (Å²) in [4.78, 5) is 26.8. The van der Waals surface area contributed by atoms with Crippen LogP contribution in [0.2, 0.25) is 0 Å². The van der Waals surface area contributed by atoms with Crippen LogP contribution in [0.15, 0.2) is 0 Å². The molecule has 0 heterocycles. The Morgan fingerprint density at radius 3 is 1.14 bits per heavy atom. The van der Waals surface area contributed by atoms with Gasteiger partial charge >= 0.3 is 51.9 Å². The molecule has 0 aromatic heterocycles. The van der Waals surface area contributed by atoms with Gasteiger partial charge in [-0.3, -0.25) is 0 Å². The molecule has 0 fully saturated rings. The van der Waals surface area contributed by atoms with Gasteiger partial charge in [0, 0.05) is 0 Å². The zero-order valence-electron chi connectivity index (χ0n) is 3.38. The molecule has 0 aromatic carbocycles. The van der Waals surface area contributed by atoms with E-state index in [4.69, 9.17) is 14.7 Å². The Bertz CT molecular complexity index is 61.1. The Morgan fingerprint density at radius 1 is 1.14 bits per heavy atom. The standard InChI is InChI=1S/Au.Na.H3O3PS/c;;1-4(2,3)5/h;;(H3,1,2,3,5)/q+3;+1;/p-3. The van der Waals surface area contributed by atoms with E-state index in [1.807, 2.05) is 0 Å². The van der Waals surface area contributed by atoms with Gasteiger partial charge in [-0.15, -0.1) is 0 Å². The van der Waals surface area contributed by atoms with Crippen molar-refractivity contribution in [1.29, 1.82) is 0 Å². The first-order valence-corrected chi connectivity index (χ1v) is 3.29. The molecule has 0 radical (unpaired) electrons. The average Bonchev–Trinajstić information content (AvgIpc) is 0.722. The second-order valence-corrected chi connectivity index (χ2v) is 2.68. The van der Waals surface area contributed by atoms with Crippen molar-refractivity contribution >= 4 is 18.5 Å². The van der Waals surface area contributed by atoms with Crippen LogP contribution in [0.5, 0.6) is 0 Å². The minimum atomic E-state index is -4.56. The minimum Gasteiger partial charge on any atom is -0.844 e. The molecule has 40 valence electrons. The molecule has 0 aliphatic rings. The maximum Gasteiger partial charge on any atom is 3.00 e. The largest absolute Gasteiger partial charge is 3.00 e. The Morgan fingerprint density at radius 2 is 1.14 bits per heavy atom. The van der Waals surface area contributed by atoms with Crippen LogP contribution in [0.4, 0.5) is 0 Å². The normalized spacial score (nSPS) is 8.43. The summed E-state index contributed by atoms with van der Waals surface area (Å²) >= 11 is 3.27. The maximum atomic E-state index is 8.92. The molecule has 0 saturated heterocycles. The second kappa shape index (κ2) is 6.39. The first kappa shape index (κ1) is 16.1. The molecule has 3 nitrogen and oxygen atoms in total. The molecule has 7 heteroatoms. The molecule has 0 unspecified atom stereocenters. The van der Waals surface area contributed by atoms with E-state index in [-0.39, 0.29) is 51.9 Å². The van der Waals surface area contributed by atoms with Crippen molar-refractivity contribution < 1.29 is 66.6 Å². The number of rotatable bonds is 0. The van der Waals surface area contributed by atoms with Crippen molar-refractivity contribution in [2.24, 2.45) is 0 Å². The Hall–Kier alpha value is 2.27. The molecule has 0 spiro atoms. The van der Waals surface area contributed by atoms with Crippen LogP contribution in [-0.2, 0) is 34.2 Å². The van der Waals surface area contributed by atoms with Crippen LogP contribution in [-0.4, -0.2) is 0 Å². The van der Waals surface area contributed by atoms with Crippen LogP contribution < -0.4 is 44.2 Å². The summed E-state index contributed by atoms with van der Waals surface area (Å²) in [6.07, 6.45) is 0. The van der Waals surface area contributed by atoms with Gasteiger partial charge in [0.2, 0.25) is 0 Å². The molecule has 0 rings (SSSR count). The molecule has 0 aliphatic carbocycles. The van der Waals surface area contributed by atoms with E-state index in [9.17, 15) is 0 Å². The second-order valence-electron chi connectivity index (χ2n) is 0.447. The first-order chi connectivity index (χ1) is 2.00. The van der Waals surface area contributed by atoms with Crippen molar-refractivity contribution in [2.75, 3.05) is 0 Å². The molecule has 0 bridgehead atoms. The third-order valence-corrected chi connectivity index (χ3v) is 0. The third-order valence-electron chi connectivity index (χ3n) is 0. The maximum absolute atomic E-state index is 8.92. The summed E-state index contributed by atoms with van der Waals surface area (Å²) in [5.74, 6) is 0. The fraction of sp³-hybridized carbons (Fsp3) is 0. The Balaban J connectivity index is -0.0000000800. The number of hydrogen-bond acceptors (Lipinski definition) is 4. The van der Waals surface area contributed by atoms with Crippen LogP contribution in [0, 0.1) is 0 Å². The van der Waals surface area contributed by atoms with E-state index < -0.39 is 6.72 Å². The van der Waals surface area contributed by atoms with Gasteiger partial charge in [0.25, 0.3) is 0 Å². The van der Waals surface area contributed by atoms with E-state index in [0.717, 1.165) is 0 Å². The molecule has 0 aliphatic heterocycles. The van der Waals surface area contributed by atoms with Crippen LogP contribution in [0.3, 0.4) is 0 Å². The van der Waals surface area contributed by atoms with Gasteiger partial charge in [-0.2, -0.15) is 11.8 Å². The van der Waals surface area contributed by atoms with E-state index in [2.05, 4.69) is 11.8 Å². The Kier molecular flexibility index (Phi) is 14.7. The molecule has 0 aromatic rings. The summed E-state index contributed by atoms with van der Waals surface area (Å²) < 4.78 is 0. The summed E-state index contributed by atoms with van der Waals surface area (Å²) in [6, 6.07) is 0. The summed E-state index contributed by atoms with van der Waals surface area (Å²) in [5.41, 5.74) is 0. The SMILES string of the molecule is [Au+3].[Na+].[O-]P([O-])([O-])=S. The van der Waals surface area contributed by atoms with Gasteiger partial charge in [-0.05, 0) is 0 Å². The molecular weight excluding hydrogens is 331 g/mol. The summed E-state index contributed by atoms with van der Waals surface area (Å²) in [5, 5.41) is 0. The van der Waals surface area contributed by atoms with Gasteiger partial charge in [-0.25, -0.2) is 0 Å². The van der Waals surface area contributed by atoms with Crippen molar-refractivity contribution in [3.8, 4) is 0 Å². The van der Waals surface area contributed by atoms with Gasteiger partial charge < -0.3 is 21.4 Å².